The number of carbonyl (C=O) groups excluding carboxylic acids is 2. The van der Waals surface area contributed by atoms with Crippen LogP contribution in [0.15, 0.2) is 54.6 Å². The van der Waals surface area contributed by atoms with Crippen molar-refractivity contribution in [3.8, 4) is 5.75 Å². The molecule has 0 aliphatic carbocycles. The van der Waals surface area contributed by atoms with Gasteiger partial charge in [0.15, 0.2) is 0 Å². The van der Waals surface area contributed by atoms with Gasteiger partial charge in [0.2, 0.25) is 11.8 Å². The van der Waals surface area contributed by atoms with Gasteiger partial charge >= 0.3 is 0 Å². The van der Waals surface area contributed by atoms with Crippen molar-refractivity contribution in [3.63, 3.8) is 0 Å². The van der Waals surface area contributed by atoms with E-state index in [0.29, 0.717) is 44.9 Å². The maximum atomic E-state index is 12.8. The summed E-state index contributed by atoms with van der Waals surface area (Å²) in [5, 5.41) is 3.16. The molecule has 1 aliphatic heterocycles. The Morgan fingerprint density at radius 3 is 2.28 bits per heavy atom. The molecule has 1 atom stereocenters. The Morgan fingerprint density at radius 1 is 1.00 bits per heavy atom. The highest BCUT2D eigenvalue weighted by Gasteiger charge is 2.28. The van der Waals surface area contributed by atoms with Crippen molar-refractivity contribution < 1.29 is 14.3 Å². The van der Waals surface area contributed by atoms with E-state index in [1.807, 2.05) is 42.2 Å². The summed E-state index contributed by atoms with van der Waals surface area (Å²) < 4.78 is 5.63. The molecule has 0 radical (unpaired) electrons. The van der Waals surface area contributed by atoms with Crippen molar-refractivity contribution in [2.75, 3.05) is 19.7 Å². The average molecular weight is 437 g/mol. The van der Waals surface area contributed by atoms with Crippen LogP contribution in [0.25, 0.3) is 0 Å². The molecule has 1 heterocycles. The first-order valence-corrected chi connectivity index (χ1v) is 11.8. The van der Waals surface area contributed by atoms with Crippen LogP contribution in [0.1, 0.15) is 57.2 Å². The number of piperidine rings is 1. The quantitative estimate of drug-likeness (QED) is 0.616. The smallest absolute Gasteiger partial charge is 0.225 e. The van der Waals surface area contributed by atoms with Crippen molar-refractivity contribution in [3.05, 3.63) is 65.7 Å². The molecule has 2 amide bonds. The molecule has 1 saturated heterocycles. The third kappa shape index (κ3) is 7.11. The third-order valence-electron chi connectivity index (χ3n) is 6.03. The van der Waals surface area contributed by atoms with Crippen molar-refractivity contribution in [2.24, 2.45) is 11.8 Å². The molecule has 0 saturated carbocycles. The summed E-state index contributed by atoms with van der Waals surface area (Å²) in [6, 6.07) is 18.0. The van der Waals surface area contributed by atoms with Gasteiger partial charge in [-0.3, -0.25) is 9.59 Å². The van der Waals surface area contributed by atoms with Crippen LogP contribution in [0.2, 0.25) is 0 Å². The highest BCUT2D eigenvalue weighted by atomic mass is 16.5. The van der Waals surface area contributed by atoms with Crippen LogP contribution >= 0.6 is 0 Å². The van der Waals surface area contributed by atoms with Gasteiger partial charge in [-0.05, 0) is 55.4 Å². The predicted octanol–water partition coefficient (Wildman–Crippen LogP) is 4.77. The second-order valence-corrected chi connectivity index (χ2v) is 9.14. The minimum absolute atomic E-state index is 0.0228. The van der Waals surface area contributed by atoms with Gasteiger partial charge in [-0.1, -0.05) is 56.3 Å². The van der Waals surface area contributed by atoms with Gasteiger partial charge in [0, 0.05) is 19.0 Å². The molecule has 1 unspecified atom stereocenters. The summed E-state index contributed by atoms with van der Waals surface area (Å²) in [6.45, 7) is 8.08. The molecule has 2 aromatic carbocycles. The van der Waals surface area contributed by atoms with E-state index in [1.54, 1.807) is 0 Å². The van der Waals surface area contributed by atoms with Crippen molar-refractivity contribution in [1.82, 2.24) is 10.2 Å². The number of ether oxygens (including phenoxy) is 1. The molecule has 5 heteroatoms. The van der Waals surface area contributed by atoms with Gasteiger partial charge in [-0.15, -0.1) is 0 Å². The lowest BCUT2D eigenvalue weighted by molar-refractivity contribution is -0.136. The number of nitrogens with one attached hydrogen (secondary N) is 1. The molecule has 3 rings (SSSR count). The van der Waals surface area contributed by atoms with Gasteiger partial charge in [0.1, 0.15) is 5.75 Å². The van der Waals surface area contributed by atoms with Gasteiger partial charge in [-0.25, -0.2) is 0 Å². The van der Waals surface area contributed by atoms with Crippen LogP contribution in [0.4, 0.5) is 0 Å². The number of benzene rings is 2. The van der Waals surface area contributed by atoms with Crippen LogP contribution in [-0.4, -0.2) is 36.4 Å². The summed E-state index contributed by atoms with van der Waals surface area (Å²) in [4.78, 5) is 27.1. The minimum Gasteiger partial charge on any atom is -0.493 e. The van der Waals surface area contributed by atoms with Gasteiger partial charge in [-0.2, -0.15) is 0 Å². The van der Waals surface area contributed by atoms with E-state index in [2.05, 4.69) is 43.4 Å². The summed E-state index contributed by atoms with van der Waals surface area (Å²) in [6.07, 6.45) is 2.83. The normalized spacial score (nSPS) is 15.4. The first kappa shape index (κ1) is 23.8. The zero-order chi connectivity index (χ0) is 22.9. The van der Waals surface area contributed by atoms with Gasteiger partial charge in [0.05, 0.1) is 19.1 Å². The summed E-state index contributed by atoms with van der Waals surface area (Å²) >= 11 is 0. The van der Waals surface area contributed by atoms with E-state index in [1.165, 1.54) is 5.56 Å². The van der Waals surface area contributed by atoms with E-state index in [4.69, 9.17) is 4.74 Å². The van der Waals surface area contributed by atoms with Crippen LogP contribution in [0, 0.1) is 11.8 Å². The fourth-order valence-electron chi connectivity index (χ4n) is 4.15. The minimum atomic E-state index is -0.0396. The van der Waals surface area contributed by atoms with Crippen LogP contribution in [0.3, 0.4) is 0 Å². The maximum Gasteiger partial charge on any atom is 0.225 e. The van der Waals surface area contributed by atoms with E-state index in [9.17, 15) is 9.59 Å². The lowest BCUT2D eigenvalue weighted by Gasteiger charge is -2.32. The number of carbonyl (C=O) groups is 2. The van der Waals surface area contributed by atoms with E-state index >= 15 is 0 Å². The second kappa shape index (κ2) is 11.7. The number of hydrogen-bond acceptors (Lipinski definition) is 3. The Balaban J connectivity index is 1.39. The van der Waals surface area contributed by atoms with Gasteiger partial charge in [0.25, 0.3) is 0 Å². The molecular weight excluding hydrogens is 400 g/mol. The summed E-state index contributed by atoms with van der Waals surface area (Å²) in [5.74, 6) is 1.55. The molecular formula is C27H36N2O3. The monoisotopic (exact) mass is 436 g/mol. The van der Waals surface area contributed by atoms with E-state index in [0.717, 1.165) is 17.7 Å². The number of para-hydroxylation sites is 1. The molecule has 172 valence electrons. The Kier molecular flexibility index (Phi) is 8.72. The first-order valence-electron chi connectivity index (χ1n) is 11.8. The van der Waals surface area contributed by atoms with Crippen LogP contribution in [0.5, 0.6) is 5.75 Å². The summed E-state index contributed by atoms with van der Waals surface area (Å²) in [5.41, 5.74) is 2.45. The zero-order valence-electron chi connectivity index (χ0n) is 19.5. The molecule has 2 aromatic rings. The Hall–Kier alpha value is -2.82. The number of nitrogens with zero attached hydrogens (tertiary/aromatic N) is 1. The largest absolute Gasteiger partial charge is 0.493 e. The third-order valence-corrected chi connectivity index (χ3v) is 6.03. The van der Waals surface area contributed by atoms with Crippen LogP contribution < -0.4 is 10.1 Å². The topological polar surface area (TPSA) is 58.6 Å². The predicted molar refractivity (Wildman–Crippen MR) is 127 cm³/mol. The van der Waals surface area contributed by atoms with E-state index < -0.39 is 0 Å². The highest BCUT2D eigenvalue weighted by Crippen LogP contribution is 2.21. The van der Waals surface area contributed by atoms with Gasteiger partial charge < -0.3 is 15.0 Å². The molecule has 1 aliphatic rings. The summed E-state index contributed by atoms with van der Waals surface area (Å²) in [7, 11) is 0. The fraction of sp³-hybridized carbons (Fsp3) is 0.481. The number of amides is 2. The van der Waals surface area contributed by atoms with Crippen LogP contribution in [-0.2, 0) is 16.0 Å². The SMILES string of the molecule is CC(C)Cc1ccc(C(C)NC(=O)C2CCN(C(=O)CCOc3ccccc3)CC2)cc1. The van der Waals surface area contributed by atoms with Crippen molar-refractivity contribution >= 4 is 11.8 Å². The molecule has 32 heavy (non-hydrogen) atoms. The Bertz CT molecular complexity index is 856. The fourth-order valence-corrected chi connectivity index (χ4v) is 4.15. The maximum absolute atomic E-state index is 12.8. The molecule has 1 N–H and O–H groups in total. The number of hydrogen-bond donors (Lipinski definition) is 1. The Labute approximate surface area is 192 Å². The molecule has 5 nitrogen and oxygen atoms in total. The Morgan fingerprint density at radius 2 is 1.66 bits per heavy atom. The van der Waals surface area contributed by atoms with Crippen molar-refractivity contribution in [2.45, 2.75) is 52.5 Å². The average Bonchev–Trinajstić information content (AvgIpc) is 2.80. The first-order chi connectivity index (χ1) is 15.4. The molecule has 1 fully saturated rings. The molecule has 0 bridgehead atoms. The highest BCUT2D eigenvalue weighted by molar-refractivity contribution is 5.80. The lowest BCUT2D eigenvalue weighted by Crippen LogP contribution is -2.43. The lowest BCUT2D eigenvalue weighted by atomic mass is 9.94. The molecule has 0 spiro atoms. The second-order valence-electron chi connectivity index (χ2n) is 9.14. The molecule has 0 aromatic heterocycles. The standard InChI is InChI=1S/C27H36N2O3/c1-20(2)19-22-9-11-23(12-10-22)21(3)28-27(31)24-13-16-29(17-14-24)26(30)15-18-32-25-7-5-4-6-8-25/h4-12,20-21,24H,13-19H2,1-3H3,(H,28,31). The van der Waals surface area contributed by atoms with E-state index in [-0.39, 0.29) is 23.8 Å². The van der Waals surface area contributed by atoms with Crippen molar-refractivity contribution in [1.29, 1.82) is 0 Å². The number of likely N-dealkylation sites (tertiary alicyclic amines) is 1. The number of rotatable bonds is 9. The zero-order valence-corrected chi connectivity index (χ0v) is 19.5.